The molecule has 0 saturated carbocycles. The van der Waals surface area contributed by atoms with Crippen molar-refractivity contribution in [2.75, 3.05) is 17.4 Å². The number of rotatable bonds is 4. The van der Waals surface area contributed by atoms with Crippen LogP contribution < -0.4 is 32.1 Å². The fraction of sp³-hybridized carbons (Fsp3) is 0.312. The van der Waals surface area contributed by atoms with Crippen LogP contribution >= 0.6 is 0 Å². The van der Waals surface area contributed by atoms with Crippen LogP contribution in [0.4, 0.5) is 17.5 Å². The zero-order valence-electron chi connectivity index (χ0n) is 14.9. The topological polar surface area (TPSA) is 121 Å². The lowest BCUT2D eigenvalue weighted by atomic mass is 10.1. The highest BCUT2D eigenvalue weighted by atomic mass is 15.6. The molecule has 0 radical (unpaired) electrons. The molecule has 26 heavy (non-hydrogen) atoms. The number of allylic oxidation sites excluding steroid dienone is 1. The monoisotopic (exact) mass is 354 g/mol. The second kappa shape index (κ2) is 6.23. The molecule has 6 N–H and O–H groups in total. The summed E-state index contributed by atoms with van der Waals surface area (Å²) in [4.78, 5) is 9.04. The molecule has 0 aromatic carbocycles. The lowest BCUT2D eigenvalue weighted by Gasteiger charge is -2.26. The van der Waals surface area contributed by atoms with Crippen molar-refractivity contribution in [3.63, 3.8) is 0 Å². The Morgan fingerprint density at radius 3 is 2.88 bits per heavy atom. The van der Waals surface area contributed by atoms with Gasteiger partial charge >= 0.3 is 0 Å². The summed E-state index contributed by atoms with van der Waals surface area (Å²) in [5.74, 6) is 1.33. The first-order valence-corrected chi connectivity index (χ1v) is 8.32. The number of hydrazine groups is 1. The molecule has 4 heterocycles. The van der Waals surface area contributed by atoms with Crippen LogP contribution in [0.3, 0.4) is 0 Å². The third kappa shape index (κ3) is 3.02. The van der Waals surface area contributed by atoms with E-state index in [1.54, 1.807) is 17.1 Å². The number of anilines is 3. The summed E-state index contributed by atoms with van der Waals surface area (Å²) in [6.07, 6.45) is 9.01. The maximum atomic E-state index is 5.89. The van der Waals surface area contributed by atoms with Gasteiger partial charge in [0, 0.05) is 44.1 Å². The molecule has 2 atom stereocenters. The molecule has 2 aliphatic rings. The molecule has 10 nitrogen and oxygen atoms in total. The lowest BCUT2D eigenvalue weighted by Crippen LogP contribution is -2.42. The average molecular weight is 354 g/mol. The molecule has 2 aromatic heterocycles. The van der Waals surface area contributed by atoms with E-state index in [4.69, 9.17) is 5.73 Å². The molecule has 0 amide bonds. The Morgan fingerprint density at radius 2 is 2.12 bits per heavy atom. The molecule has 0 aliphatic carbocycles. The minimum Gasteiger partial charge on any atom is -0.398 e. The summed E-state index contributed by atoms with van der Waals surface area (Å²) in [6, 6.07) is 0.144. The van der Waals surface area contributed by atoms with Crippen molar-refractivity contribution in [3.8, 4) is 0 Å². The van der Waals surface area contributed by atoms with E-state index in [2.05, 4.69) is 43.4 Å². The van der Waals surface area contributed by atoms with Crippen LogP contribution in [0.15, 0.2) is 42.3 Å². The molecule has 0 fully saturated rings. The first-order valence-electron chi connectivity index (χ1n) is 8.32. The van der Waals surface area contributed by atoms with Crippen LogP contribution in [0.2, 0.25) is 0 Å². The molecule has 4 rings (SSSR count). The zero-order chi connectivity index (χ0) is 18.3. The van der Waals surface area contributed by atoms with Gasteiger partial charge in [-0.1, -0.05) is 0 Å². The van der Waals surface area contributed by atoms with Gasteiger partial charge in [0.05, 0.1) is 23.5 Å². The molecule has 2 unspecified atom stereocenters. The number of nitrogens with two attached hydrogens (primary N) is 1. The van der Waals surface area contributed by atoms with Gasteiger partial charge in [0.1, 0.15) is 6.17 Å². The Balaban J connectivity index is 1.55. The first-order chi connectivity index (χ1) is 12.5. The van der Waals surface area contributed by atoms with Gasteiger partial charge in [-0.05, 0) is 13.0 Å². The van der Waals surface area contributed by atoms with Gasteiger partial charge in [0.2, 0.25) is 5.95 Å². The quantitative estimate of drug-likeness (QED) is 0.523. The number of hydrogen-bond donors (Lipinski definition) is 5. The number of aryl methyl sites for hydroxylation is 1. The number of aromatic nitrogens is 4. The van der Waals surface area contributed by atoms with Crippen LogP contribution in [0.1, 0.15) is 18.7 Å². The second-order valence-corrected chi connectivity index (χ2v) is 6.40. The summed E-state index contributed by atoms with van der Waals surface area (Å²) in [6.45, 7) is 2.07. The van der Waals surface area contributed by atoms with Crippen LogP contribution in [0.5, 0.6) is 0 Å². The molecule has 2 aliphatic heterocycles. The molecule has 2 aromatic rings. The van der Waals surface area contributed by atoms with E-state index < -0.39 is 0 Å². The third-order valence-electron chi connectivity index (χ3n) is 4.31. The number of fused-ring (bicyclic) bond motifs is 1. The van der Waals surface area contributed by atoms with Crippen molar-refractivity contribution in [1.29, 1.82) is 0 Å². The normalized spacial score (nSPS) is 21.6. The highest BCUT2D eigenvalue weighted by Crippen LogP contribution is 2.30. The average Bonchev–Trinajstić information content (AvgIpc) is 3.15. The largest absolute Gasteiger partial charge is 0.398 e. The van der Waals surface area contributed by atoms with Crippen molar-refractivity contribution in [2.24, 2.45) is 12.8 Å². The summed E-state index contributed by atoms with van der Waals surface area (Å²) in [5, 5.41) is 15.9. The molecular weight excluding hydrogens is 332 g/mol. The molecule has 0 saturated heterocycles. The Labute approximate surface area is 151 Å². The lowest BCUT2D eigenvalue weighted by molar-refractivity contribution is 0.479. The van der Waals surface area contributed by atoms with Gasteiger partial charge in [0.15, 0.2) is 5.82 Å². The minimum absolute atomic E-state index is 0.135. The van der Waals surface area contributed by atoms with E-state index in [1.807, 2.05) is 37.6 Å². The predicted molar refractivity (Wildman–Crippen MR) is 98.9 cm³/mol. The van der Waals surface area contributed by atoms with Crippen molar-refractivity contribution in [2.45, 2.75) is 19.1 Å². The van der Waals surface area contributed by atoms with E-state index in [0.29, 0.717) is 11.6 Å². The maximum Gasteiger partial charge on any atom is 0.229 e. The smallest absolute Gasteiger partial charge is 0.229 e. The standard InChI is InChI=1S/C16H22N10/c1-9-13(4-10(17)5-18-9)22-14-12-7-19-16(23-15(12)26(3)24-14)21-11-6-20-25(2)8-11/h4-9,14,18,22,24H,17H2,1-3H3,(H,19,21,23). The van der Waals surface area contributed by atoms with E-state index in [-0.39, 0.29) is 12.2 Å². The van der Waals surface area contributed by atoms with Gasteiger partial charge in [-0.3, -0.25) is 9.69 Å². The Hall–Kier alpha value is -3.27. The van der Waals surface area contributed by atoms with Crippen molar-refractivity contribution in [1.82, 2.24) is 35.8 Å². The summed E-state index contributed by atoms with van der Waals surface area (Å²) in [5.41, 5.74) is 12.7. The van der Waals surface area contributed by atoms with Crippen LogP contribution in [0, 0.1) is 0 Å². The first kappa shape index (κ1) is 16.2. The summed E-state index contributed by atoms with van der Waals surface area (Å²) < 4.78 is 1.72. The molecule has 0 spiro atoms. The number of dihydropyridines is 1. The highest BCUT2D eigenvalue weighted by molar-refractivity contribution is 5.57. The SMILES string of the molecule is CC1NC=C(N)C=C1NC1NN(C)c2nc(Nc3cnn(C)c3)ncc21. The predicted octanol–water partition coefficient (Wildman–Crippen LogP) is 0.172. The maximum absolute atomic E-state index is 5.89. The number of hydrogen-bond acceptors (Lipinski definition) is 9. The number of nitrogens with one attached hydrogen (secondary N) is 4. The van der Waals surface area contributed by atoms with Crippen LogP contribution in [0.25, 0.3) is 0 Å². The van der Waals surface area contributed by atoms with E-state index in [0.717, 1.165) is 22.8 Å². The Bertz CT molecular complexity index is 883. The molecule has 10 heteroatoms. The molecular formula is C16H22N10. The van der Waals surface area contributed by atoms with Gasteiger partial charge < -0.3 is 21.7 Å². The fourth-order valence-corrected chi connectivity index (χ4v) is 2.95. The highest BCUT2D eigenvalue weighted by Gasteiger charge is 2.30. The van der Waals surface area contributed by atoms with E-state index in [9.17, 15) is 0 Å². The summed E-state index contributed by atoms with van der Waals surface area (Å²) >= 11 is 0. The third-order valence-corrected chi connectivity index (χ3v) is 4.31. The van der Waals surface area contributed by atoms with Gasteiger partial charge in [-0.25, -0.2) is 10.4 Å². The number of nitrogens with zero attached hydrogens (tertiary/aromatic N) is 5. The van der Waals surface area contributed by atoms with Gasteiger partial charge in [-0.15, -0.1) is 0 Å². The fourth-order valence-electron chi connectivity index (χ4n) is 2.95. The second-order valence-electron chi connectivity index (χ2n) is 6.40. The Kier molecular flexibility index (Phi) is 3.88. The molecule has 136 valence electrons. The van der Waals surface area contributed by atoms with Gasteiger partial charge in [0.25, 0.3) is 0 Å². The molecule has 0 bridgehead atoms. The van der Waals surface area contributed by atoms with Crippen molar-refractivity contribution in [3.05, 3.63) is 47.8 Å². The minimum atomic E-state index is -0.135. The van der Waals surface area contributed by atoms with E-state index >= 15 is 0 Å². The van der Waals surface area contributed by atoms with Crippen molar-refractivity contribution >= 4 is 17.5 Å². The summed E-state index contributed by atoms with van der Waals surface area (Å²) in [7, 11) is 3.78. The Morgan fingerprint density at radius 1 is 1.27 bits per heavy atom. The van der Waals surface area contributed by atoms with Crippen LogP contribution in [-0.2, 0) is 7.05 Å². The van der Waals surface area contributed by atoms with Crippen molar-refractivity contribution < 1.29 is 0 Å². The van der Waals surface area contributed by atoms with E-state index in [1.165, 1.54) is 0 Å². The zero-order valence-corrected chi connectivity index (χ0v) is 14.9. The van der Waals surface area contributed by atoms with Crippen LogP contribution in [-0.4, -0.2) is 32.8 Å². The van der Waals surface area contributed by atoms with Gasteiger partial charge in [-0.2, -0.15) is 10.1 Å².